The number of phenolic OH excluding ortho intramolecular Hbond substituents is 1. The Morgan fingerprint density at radius 3 is 2.26 bits per heavy atom. The summed E-state index contributed by atoms with van der Waals surface area (Å²) in [6, 6.07) is 9.84. The van der Waals surface area contributed by atoms with Crippen molar-refractivity contribution in [2.45, 2.75) is 12.6 Å². The molecule has 8 nitrogen and oxygen atoms in total. The van der Waals surface area contributed by atoms with Crippen LogP contribution < -0.4 is 9.47 Å². The van der Waals surface area contributed by atoms with Gasteiger partial charge in [0.1, 0.15) is 16.5 Å². The molecule has 180 valence electrons. The van der Waals surface area contributed by atoms with Crippen LogP contribution in [-0.4, -0.2) is 46.0 Å². The lowest BCUT2D eigenvalue weighted by Crippen LogP contribution is -2.29. The van der Waals surface area contributed by atoms with Gasteiger partial charge in [-0.3, -0.25) is 14.6 Å². The van der Waals surface area contributed by atoms with Crippen molar-refractivity contribution < 1.29 is 29.3 Å². The van der Waals surface area contributed by atoms with Gasteiger partial charge in [-0.1, -0.05) is 35.3 Å². The molecule has 0 aliphatic carbocycles. The number of hydrogen-bond acceptors (Lipinski definition) is 7. The monoisotopic (exact) mass is 514 g/mol. The van der Waals surface area contributed by atoms with Gasteiger partial charge in [0.2, 0.25) is 0 Å². The Balaban J connectivity index is 1.94. The first kappa shape index (κ1) is 24.4. The summed E-state index contributed by atoms with van der Waals surface area (Å²) in [5, 5.41) is 21.2. The first-order valence-corrected chi connectivity index (χ1v) is 11.1. The summed E-state index contributed by atoms with van der Waals surface area (Å²) >= 11 is 12.7. The van der Waals surface area contributed by atoms with Crippen LogP contribution in [0.2, 0.25) is 10.0 Å². The van der Waals surface area contributed by atoms with Gasteiger partial charge in [0.05, 0.1) is 36.4 Å². The summed E-state index contributed by atoms with van der Waals surface area (Å²) < 4.78 is 10.6. The standard InChI is InChI=1S/C25H20Cl2N2O6/c1-34-23-16(11-17(26)24(35-2)19(23)27)21(31)18-20(14-3-5-15(30)6-4-14)29(25(33)22(18)32)12-13-7-9-28-10-8-13/h3-11,20,30-31H,12H2,1-2H3/b21-18+. The average molecular weight is 515 g/mol. The lowest BCUT2D eigenvalue weighted by molar-refractivity contribution is -0.140. The first-order chi connectivity index (χ1) is 16.8. The topological polar surface area (TPSA) is 109 Å². The number of ketones is 1. The molecule has 1 aliphatic heterocycles. The van der Waals surface area contributed by atoms with E-state index < -0.39 is 23.5 Å². The van der Waals surface area contributed by atoms with Crippen molar-refractivity contribution in [1.82, 2.24) is 9.88 Å². The van der Waals surface area contributed by atoms with Crippen LogP contribution in [0.4, 0.5) is 0 Å². The van der Waals surface area contributed by atoms with Crippen LogP contribution >= 0.6 is 23.2 Å². The van der Waals surface area contributed by atoms with Crippen LogP contribution in [-0.2, 0) is 16.1 Å². The molecule has 1 atom stereocenters. The number of aliphatic hydroxyl groups is 1. The van der Waals surface area contributed by atoms with E-state index in [1.54, 1.807) is 36.7 Å². The summed E-state index contributed by atoms with van der Waals surface area (Å²) in [7, 11) is 2.71. The number of rotatable bonds is 6. The number of ether oxygens (including phenoxy) is 2. The number of pyridine rings is 1. The van der Waals surface area contributed by atoms with Gasteiger partial charge in [-0.25, -0.2) is 0 Å². The molecule has 1 unspecified atom stereocenters. The Kier molecular flexibility index (Phi) is 6.86. The summed E-state index contributed by atoms with van der Waals surface area (Å²) in [6.45, 7) is 0.0800. The molecule has 2 heterocycles. The van der Waals surface area contributed by atoms with E-state index in [9.17, 15) is 19.8 Å². The van der Waals surface area contributed by atoms with Gasteiger partial charge in [0.15, 0.2) is 11.5 Å². The number of aromatic nitrogens is 1. The number of phenols is 1. The van der Waals surface area contributed by atoms with E-state index in [2.05, 4.69) is 4.98 Å². The number of halogens is 2. The number of nitrogens with zero attached hydrogens (tertiary/aromatic N) is 2. The zero-order valence-electron chi connectivity index (χ0n) is 18.7. The summed E-state index contributed by atoms with van der Waals surface area (Å²) in [4.78, 5) is 31.7. The summed E-state index contributed by atoms with van der Waals surface area (Å²) in [6.07, 6.45) is 3.15. The van der Waals surface area contributed by atoms with Gasteiger partial charge in [-0.05, 0) is 41.5 Å². The highest BCUT2D eigenvalue weighted by atomic mass is 35.5. The smallest absolute Gasteiger partial charge is 0.295 e. The van der Waals surface area contributed by atoms with Crippen molar-refractivity contribution in [2.24, 2.45) is 0 Å². The quantitative estimate of drug-likeness (QED) is 0.278. The van der Waals surface area contributed by atoms with Crippen LogP contribution in [0.25, 0.3) is 5.76 Å². The largest absolute Gasteiger partial charge is 0.508 e. The average Bonchev–Trinajstić information content (AvgIpc) is 3.09. The summed E-state index contributed by atoms with van der Waals surface area (Å²) in [5.41, 5.74) is 1.08. The zero-order valence-corrected chi connectivity index (χ0v) is 20.2. The number of likely N-dealkylation sites (tertiary alicyclic amines) is 1. The second kappa shape index (κ2) is 9.85. The molecular formula is C25H20Cl2N2O6. The van der Waals surface area contributed by atoms with Crippen molar-refractivity contribution in [3.63, 3.8) is 0 Å². The number of carbonyl (C=O) groups is 2. The minimum Gasteiger partial charge on any atom is -0.508 e. The van der Waals surface area contributed by atoms with Gasteiger partial charge in [0.25, 0.3) is 11.7 Å². The number of carbonyl (C=O) groups excluding carboxylic acids is 2. The Morgan fingerprint density at radius 2 is 1.66 bits per heavy atom. The number of benzene rings is 2. The Hall–Kier alpha value is -3.75. The van der Waals surface area contributed by atoms with Gasteiger partial charge in [0, 0.05) is 18.9 Å². The number of methoxy groups -OCH3 is 2. The molecule has 3 aromatic rings. The predicted molar refractivity (Wildman–Crippen MR) is 130 cm³/mol. The maximum Gasteiger partial charge on any atom is 0.295 e. The maximum atomic E-state index is 13.3. The highest BCUT2D eigenvalue weighted by Crippen LogP contribution is 2.47. The molecule has 10 heteroatoms. The molecule has 35 heavy (non-hydrogen) atoms. The van der Waals surface area contributed by atoms with E-state index in [0.29, 0.717) is 5.56 Å². The van der Waals surface area contributed by atoms with Crippen LogP contribution in [0.3, 0.4) is 0 Å². The van der Waals surface area contributed by atoms with Gasteiger partial charge in [-0.15, -0.1) is 0 Å². The van der Waals surface area contributed by atoms with Crippen molar-refractivity contribution in [3.8, 4) is 17.2 Å². The molecule has 0 bridgehead atoms. The minimum atomic E-state index is -0.965. The van der Waals surface area contributed by atoms with Gasteiger partial charge < -0.3 is 24.6 Å². The zero-order chi connectivity index (χ0) is 25.3. The van der Waals surface area contributed by atoms with Gasteiger partial charge >= 0.3 is 0 Å². The molecular weight excluding hydrogens is 495 g/mol. The van der Waals surface area contributed by atoms with Crippen molar-refractivity contribution in [2.75, 3.05) is 14.2 Å². The second-order valence-electron chi connectivity index (χ2n) is 7.66. The van der Waals surface area contributed by atoms with Crippen LogP contribution in [0.1, 0.15) is 22.7 Å². The fraction of sp³-hybridized carbons (Fsp3) is 0.160. The number of aliphatic hydroxyl groups excluding tert-OH is 1. The highest BCUT2D eigenvalue weighted by Gasteiger charge is 2.46. The fourth-order valence-corrected chi connectivity index (χ4v) is 4.71. The normalized spacial score (nSPS) is 17.0. The van der Waals surface area contributed by atoms with E-state index in [0.717, 1.165) is 5.56 Å². The maximum absolute atomic E-state index is 13.3. The van der Waals surface area contributed by atoms with Crippen LogP contribution in [0, 0.1) is 0 Å². The molecule has 0 saturated carbocycles. The Bertz CT molecular complexity index is 1330. The van der Waals surface area contributed by atoms with E-state index in [-0.39, 0.29) is 45.0 Å². The molecule has 1 fully saturated rings. The van der Waals surface area contributed by atoms with Crippen molar-refractivity contribution in [1.29, 1.82) is 0 Å². The van der Waals surface area contributed by atoms with Crippen molar-refractivity contribution in [3.05, 3.63) is 87.2 Å². The molecule has 4 rings (SSSR count). The van der Waals surface area contributed by atoms with Gasteiger partial charge in [-0.2, -0.15) is 0 Å². The molecule has 0 spiro atoms. The van der Waals surface area contributed by atoms with E-state index >= 15 is 0 Å². The molecule has 1 saturated heterocycles. The van der Waals surface area contributed by atoms with Crippen LogP contribution in [0.15, 0.2) is 60.4 Å². The lowest BCUT2D eigenvalue weighted by Gasteiger charge is -2.25. The molecule has 2 aromatic carbocycles. The molecule has 1 aromatic heterocycles. The van der Waals surface area contributed by atoms with Crippen LogP contribution in [0.5, 0.6) is 17.2 Å². The number of hydrogen-bond donors (Lipinski definition) is 2. The number of amides is 1. The van der Waals surface area contributed by atoms with E-state index in [1.807, 2.05) is 0 Å². The molecule has 0 radical (unpaired) electrons. The number of aromatic hydroxyl groups is 1. The first-order valence-electron chi connectivity index (χ1n) is 10.3. The Morgan fingerprint density at radius 1 is 1.03 bits per heavy atom. The SMILES string of the molecule is COc1c(Cl)cc(/C(O)=C2\C(=O)C(=O)N(Cc3ccncc3)C2c2ccc(O)cc2)c(OC)c1Cl. The fourth-order valence-electron chi connectivity index (χ4n) is 4.02. The van der Waals surface area contributed by atoms with Crippen molar-refractivity contribution >= 4 is 40.7 Å². The highest BCUT2D eigenvalue weighted by molar-refractivity contribution is 6.47. The third kappa shape index (κ3) is 4.38. The molecule has 1 amide bonds. The molecule has 1 aliphatic rings. The number of Topliss-reactive ketones (excluding diaryl/α,β-unsaturated/α-hetero) is 1. The minimum absolute atomic E-state index is 0.00347. The molecule has 2 N–H and O–H groups in total. The second-order valence-corrected chi connectivity index (χ2v) is 8.45. The van der Waals surface area contributed by atoms with E-state index in [1.165, 1.54) is 37.3 Å². The Labute approximate surface area is 210 Å². The summed E-state index contributed by atoms with van der Waals surface area (Å²) in [5.74, 6) is -2.03. The third-order valence-electron chi connectivity index (χ3n) is 5.65. The third-order valence-corrected chi connectivity index (χ3v) is 6.27. The lowest BCUT2D eigenvalue weighted by atomic mass is 9.94. The van der Waals surface area contributed by atoms with E-state index in [4.69, 9.17) is 32.7 Å². The predicted octanol–water partition coefficient (Wildman–Crippen LogP) is 4.73.